The highest BCUT2D eigenvalue weighted by atomic mass is 16.5. The SMILES string of the molecule is Cc1nn(C)c(C)c1C(=O)N1CC(c2nc(CCN(C)C(=O)C3CC3)no2)C1. The number of nitrogens with zero attached hydrogens (tertiary/aromatic N) is 6. The Balaban J connectivity index is 1.30. The molecule has 4 rings (SSSR count). The molecule has 2 fully saturated rings. The van der Waals surface area contributed by atoms with Gasteiger partial charge < -0.3 is 14.3 Å². The van der Waals surface area contributed by atoms with Gasteiger partial charge in [0.2, 0.25) is 11.8 Å². The Labute approximate surface area is 163 Å². The van der Waals surface area contributed by atoms with Crippen LogP contribution in [0, 0.1) is 19.8 Å². The molecule has 1 aliphatic carbocycles. The Bertz CT molecular complexity index is 907. The van der Waals surface area contributed by atoms with Crippen molar-refractivity contribution in [3.8, 4) is 0 Å². The van der Waals surface area contributed by atoms with E-state index in [4.69, 9.17) is 4.52 Å². The molecule has 150 valence electrons. The average molecular weight is 386 g/mol. The van der Waals surface area contributed by atoms with Crippen LogP contribution in [-0.2, 0) is 18.3 Å². The highest BCUT2D eigenvalue weighted by Gasteiger charge is 2.37. The van der Waals surface area contributed by atoms with Crippen molar-refractivity contribution < 1.29 is 14.1 Å². The summed E-state index contributed by atoms with van der Waals surface area (Å²) in [5.74, 6) is 1.66. The number of carbonyl (C=O) groups is 2. The zero-order valence-electron chi connectivity index (χ0n) is 16.8. The van der Waals surface area contributed by atoms with Crippen molar-refractivity contribution in [3.05, 3.63) is 28.7 Å². The fourth-order valence-electron chi connectivity index (χ4n) is 3.60. The number of hydrogen-bond acceptors (Lipinski definition) is 6. The summed E-state index contributed by atoms with van der Waals surface area (Å²) in [4.78, 5) is 32.7. The van der Waals surface area contributed by atoms with Gasteiger partial charge in [0.25, 0.3) is 5.91 Å². The monoisotopic (exact) mass is 386 g/mol. The molecular weight excluding hydrogens is 360 g/mol. The summed E-state index contributed by atoms with van der Waals surface area (Å²) < 4.78 is 7.12. The van der Waals surface area contributed by atoms with Crippen molar-refractivity contribution >= 4 is 11.8 Å². The van der Waals surface area contributed by atoms with Crippen molar-refractivity contribution in [2.45, 2.75) is 39.0 Å². The van der Waals surface area contributed by atoms with Crippen molar-refractivity contribution in [3.63, 3.8) is 0 Å². The van der Waals surface area contributed by atoms with E-state index in [1.807, 2.05) is 27.9 Å². The zero-order valence-corrected chi connectivity index (χ0v) is 16.8. The standard InChI is InChI=1S/C19H26N6O3/c1-11-16(12(2)24(4)21-11)19(27)25-9-14(10-25)17-20-15(22-28-17)7-8-23(3)18(26)13-5-6-13/h13-14H,5-10H2,1-4H3. The molecule has 0 radical (unpaired) electrons. The molecule has 0 N–H and O–H groups in total. The summed E-state index contributed by atoms with van der Waals surface area (Å²) in [6, 6.07) is 0. The second-order valence-electron chi connectivity index (χ2n) is 7.91. The van der Waals surface area contributed by atoms with Crippen molar-refractivity contribution in [2.75, 3.05) is 26.7 Å². The molecule has 2 aromatic rings. The Kier molecular flexibility index (Phi) is 4.68. The third-order valence-corrected chi connectivity index (χ3v) is 5.70. The van der Waals surface area contributed by atoms with E-state index in [-0.39, 0.29) is 23.7 Å². The molecule has 9 heteroatoms. The van der Waals surface area contributed by atoms with Gasteiger partial charge in [-0.2, -0.15) is 10.1 Å². The van der Waals surface area contributed by atoms with Crippen LogP contribution in [-0.4, -0.2) is 68.2 Å². The Hall–Kier alpha value is -2.71. The third kappa shape index (κ3) is 3.41. The van der Waals surface area contributed by atoms with E-state index in [0.717, 1.165) is 24.2 Å². The molecule has 0 aromatic carbocycles. The van der Waals surface area contributed by atoms with Crippen LogP contribution in [0.25, 0.3) is 0 Å². The van der Waals surface area contributed by atoms with Gasteiger partial charge in [0.1, 0.15) is 0 Å². The van der Waals surface area contributed by atoms with Gasteiger partial charge in [-0.1, -0.05) is 5.16 Å². The van der Waals surface area contributed by atoms with Crippen LogP contribution in [0.5, 0.6) is 0 Å². The van der Waals surface area contributed by atoms with Crippen LogP contribution in [0.4, 0.5) is 0 Å². The summed E-state index contributed by atoms with van der Waals surface area (Å²) >= 11 is 0. The Morgan fingerprint density at radius 3 is 2.57 bits per heavy atom. The predicted octanol–water partition coefficient (Wildman–Crippen LogP) is 1.07. The molecule has 2 aromatic heterocycles. The first-order valence-corrected chi connectivity index (χ1v) is 9.72. The molecular formula is C19H26N6O3. The van der Waals surface area contributed by atoms with Crippen LogP contribution in [0.15, 0.2) is 4.52 Å². The second-order valence-corrected chi connectivity index (χ2v) is 7.91. The van der Waals surface area contributed by atoms with Crippen molar-refractivity contribution in [2.24, 2.45) is 13.0 Å². The molecule has 0 unspecified atom stereocenters. The van der Waals surface area contributed by atoms with Gasteiger partial charge in [0.05, 0.1) is 17.2 Å². The lowest BCUT2D eigenvalue weighted by Gasteiger charge is -2.37. The number of aromatic nitrogens is 4. The average Bonchev–Trinajstić information content (AvgIpc) is 3.31. The smallest absolute Gasteiger partial charge is 0.257 e. The van der Waals surface area contributed by atoms with Crippen LogP contribution in [0.3, 0.4) is 0 Å². The van der Waals surface area contributed by atoms with E-state index in [0.29, 0.717) is 43.3 Å². The minimum absolute atomic E-state index is 0.000646. The molecule has 1 aliphatic heterocycles. The first kappa shape index (κ1) is 18.6. The number of likely N-dealkylation sites (tertiary alicyclic amines) is 1. The van der Waals surface area contributed by atoms with Crippen LogP contribution < -0.4 is 0 Å². The van der Waals surface area contributed by atoms with Gasteiger partial charge >= 0.3 is 0 Å². The van der Waals surface area contributed by atoms with Gasteiger partial charge in [-0.05, 0) is 26.7 Å². The molecule has 1 saturated carbocycles. The molecule has 28 heavy (non-hydrogen) atoms. The molecule has 2 amide bonds. The Morgan fingerprint density at radius 2 is 1.96 bits per heavy atom. The molecule has 2 aliphatic rings. The van der Waals surface area contributed by atoms with Gasteiger partial charge in [0.15, 0.2) is 5.82 Å². The lowest BCUT2D eigenvalue weighted by Crippen LogP contribution is -2.48. The minimum Gasteiger partial charge on any atom is -0.345 e. The largest absolute Gasteiger partial charge is 0.345 e. The fraction of sp³-hybridized carbons (Fsp3) is 0.632. The quantitative estimate of drug-likeness (QED) is 0.737. The highest BCUT2D eigenvalue weighted by Crippen LogP contribution is 2.31. The number of hydrogen-bond donors (Lipinski definition) is 0. The van der Waals surface area contributed by atoms with Gasteiger partial charge in [-0.15, -0.1) is 0 Å². The van der Waals surface area contributed by atoms with E-state index < -0.39 is 0 Å². The molecule has 9 nitrogen and oxygen atoms in total. The van der Waals surface area contributed by atoms with Crippen molar-refractivity contribution in [1.82, 2.24) is 29.7 Å². The highest BCUT2D eigenvalue weighted by molar-refractivity contribution is 5.97. The molecule has 3 heterocycles. The maximum Gasteiger partial charge on any atom is 0.257 e. The van der Waals surface area contributed by atoms with Crippen LogP contribution >= 0.6 is 0 Å². The number of aryl methyl sites for hydroxylation is 2. The van der Waals surface area contributed by atoms with Gasteiger partial charge in [-0.3, -0.25) is 14.3 Å². The summed E-state index contributed by atoms with van der Waals surface area (Å²) in [6.07, 6.45) is 2.58. The van der Waals surface area contributed by atoms with E-state index in [1.54, 1.807) is 14.5 Å². The summed E-state index contributed by atoms with van der Waals surface area (Å²) in [5.41, 5.74) is 2.30. The van der Waals surface area contributed by atoms with Gasteiger partial charge in [0, 0.05) is 51.8 Å². The van der Waals surface area contributed by atoms with E-state index >= 15 is 0 Å². The maximum absolute atomic E-state index is 12.7. The number of likely N-dealkylation sites (N-methyl/N-ethyl adjacent to an activating group) is 1. The van der Waals surface area contributed by atoms with Crippen LogP contribution in [0.1, 0.15) is 52.2 Å². The predicted molar refractivity (Wildman–Crippen MR) is 99.7 cm³/mol. The van der Waals surface area contributed by atoms with Crippen LogP contribution in [0.2, 0.25) is 0 Å². The molecule has 0 atom stereocenters. The number of rotatable bonds is 6. The van der Waals surface area contributed by atoms with E-state index in [9.17, 15) is 9.59 Å². The number of amides is 2. The molecule has 0 bridgehead atoms. The first-order valence-electron chi connectivity index (χ1n) is 9.72. The fourth-order valence-corrected chi connectivity index (χ4v) is 3.60. The topological polar surface area (TPSA) is 97.4 Å². The first-order chi connectivity index (χ1) is 13.3. The summed E-state index contributed by atoms with van der Waals surface area (Å²) in [5, 5.41) is 8.34. The summed E-state index contributed by atoms with van der Waals surface area (Å²) in [6.45, 7) is 5.47. The van der Waals surface area contributed by atoms with E-state index in [2.05, 4.69) is 15.2 Å². The lowest BCUT2D eigenvalue weighted by molar-refractivity contribution is -0.131. The second kappa shape index (κ2) is 7.03. The third-order valence-electron chi connectivity index (χ3n) is 5.70. The normalized spacial score (nSPS) is 16.9. The van der Waals surface area contributed by atoms with E-state index in [1.165, 1.54) is 0 Å². The lowest BCUT2D eigenvalue weighted by atomic mass is 9.98. The summed E-state index contributed by atoms with van der Waals surface area (Å²) in [7, 11) is 3.66. The maximum atomic E-state index is 12.7. The van der Waals surface area contributed by atoms with Gasteiger partial charge in [-0.25, -0.2) is 0 Å². The number of carbonyl (C=O) groups excluding carboxylic acids is 2. The van der Waals surface area contributed by atoms with Crippen molar-refractivity contribution in [1.29, 1.82) is 0 Å². The Morgan fingerprint density at radius 1 is 1.25 bits per heavy atom. The minimum atomic E-state index is -0.000646. The molecule has 1 saturated heterocycles. The molecule has 0 spiro atoms. The zero-order chi connectivity index (χ0) is 20.0.